The molecule has 1 aliphatic heterocycles. The Balaban J connectivity index is 1.63. The van der Waals surface area contributed by atoms with Crippen molar-refractivity contribution in [2.75, 3.05) is 18.4 Å². The van der Waals surface area contributed by atoms with Gasteiger partial charge in [0.2, 0.25) is 5.91 Å². The van der Waals surface area contributed by atoms with E-state index in [-0.39, 0.29) is 5.91 Å². The standard InChI is InChI=1S/C15H19N5OS/c1-11(21)20-5-2-3-12(9-20)7-13-8-14(18-10-17-13)19-15-16-4-6-22-15/h4,6,8,10,12H,2-3,5,7,9H2,1H3,(H,16,17,18,19). The van der Waals surface area contributed by atoms with Gasteiger partial charge in [0.05, 0.1) is 0 Å². The summed E-state index contributed by atoms with van der Waals surface area (Å²) < 4.78 is 0. The number of carbonyl (C=O) groups excluding carboxylic acids is 1. The molecule has 116 valence electrons. The van der Waals surface area contributed by atoms with Crippen LogP contribution in [0.4, 0.5) is 10.9 Å². The molecule has 3 heterocycles. The molecule has 0 bridgehead atoms. The Kier molecular flexibility index (Phi) is 4.62. The zero-order chi connectivity index (χ0) is 15.4. The first-order valence-corrected chi connectivity index (χ1v) is 8.31. The predicted molar refractivity (Wildman–Crippen MR) is 86.1 cm³/mol. The molecule has 0 aliphatic carbocycles. The summed E-state index contributed by atoms with van der Waals surface area (Å²) in [5, 5.41) is 5.92. The second kappa shape index (κ2) is 6.83. The summed E-state index contributed by atoms with van der Waals surface area (Å²) in [4.78, 5) is 26.2. The number of amides is 1. The Morgan fingerprint density at radius 3 is 3.14 bits per heavy atom. The minimum Gasteiger partial charge on any atom is -0.343 e. The molecular weight excluding hydrogens is 298 g/mol. The molecule has 6 nitrogen and oxygen atoms in total. The fraction of sp³-hybridized carbons (Fsp3) is 0.467. The van der Waals surface area contributed by atoms with E-state index in [2.05, 4.69) is 20.3 Å². The monoisotopic (exact) mass is 317 g/mol. The number of carbonyl (C=O) groups is 1. The summed E-state index contributed by atoms with van der Waals surface area (Å²) in [6.07, 6.45) is 6.42. The molecule has 1 unspecified atom stereocenters. The van der Waals surface area contributed by atoms with Crippen LogP contribution < -0.4 is 5.32 Å². The number of anilines is 2. The lowest BCUT2D eigenvalue weighted by atomic mass is 9.93. The van der Waals surface area contributed by atoms with Crippen molar-refractivity contribution in [3.63, 3.8) is 0 Å². The number of piperidine rings is 1. The lowest BCUT2D eigenvalue weighted by Crippen LogP contribution is -2.39. The van der Waals surface area contributed by atoms with Gasteiger partial charge in [0, 0.05) is 43.4 Å². The van der Waals surface area contributed by atoms with Crippen LogP contribution >= 0.6 is 11.3 Å². The van der Waals surface area contributed by atoms with Gasteiger partial charge in [-0.15, -0.1) is 11.3 Å². The molecule has 1 atom stereocenters. The molecule has 2 aromatic heterocycles. The summed E-state index contributed by atoms with van der Waals surface area (Å²) in [6.45, 7) is 3.35. The Labute approximate surface area is 133 Å². The average Bonchev–Trinajstić information content (AvgIpc) is 3.01. The highest BCUT2D eigenvalue weighted by molar-refractivity contribution is 7.13. The number of hydrogen-bond donors (Lipinski definition) is 1. The van der Waals surface area contributed by atoms with E-state index in [9.17, 15) is 4.79 Å². The zero-order valence-electron chi connectivity index (χ0n) is 12.5. The van der Waals surface area contributed by atoms with E-state index >= 15 is 0 Å². The molecule has 1 amide bonds. The lowest BCUT2D eigenvalue weighted by molar-refractivity contribution is -0.130. The molecule has 1 fully saturated rings. The number of hydrogen-bond acceptors (Lipinski definition) is 6. The molecule has 7 heteroatoms. The van der Waals surface area contributed by atoms with Gasteiger partial charge < -0.3 is 10.2 Å². The first-order chi connectivity index (χ1) is 10.7. The van der Waals surface area contributed by atoms with E-state index < -0.39 is 0 Å². The number of aromatic nitrogens is 3. The molecule has 0 spiro atoms. The fourth-order valence-corrected chi connectivity index (χ4v) is 3.32. The van der Waals surface area contributed by atoms with Crippen LogP contribution in [0.15, 0.2) is 24.0 Å². The molecule has 2 aromatic rings. The third kappa shape index (κ3) is 3.79. The van der Waals surface area contributed by atoms with Crippen molar-refractivity contribution in [1.82, 2.24) is 19.9 Å². The van der Waals surface area contributed by atoms with Crippen molar-refractivity contribution in [3.8, 4) is 0 Å². The molecule has 1 aliphatic rings. The molecular formula is C15H19N5OS. The molecule has 3 rings (SSSR count). The minimum atomic E-state index is 0.165. The molecule has 22 heavy (non-hydrogen) atoms. The molecule has 0 aromatic carbocycles. The normalized spacial score (nSPS) is 18.2. The highest BCUT2D eigenvalue weighted by Gasteiger charge is 2.22. The summed E-state index contributed by atoms with van der Waals surface area (Å²) in [5.74, 6) is 1.40. The van der Waals surface area contributed by atoms with Crippen molar-refractivity contribution in [2.24, 2.45) is 5.92 Å². The van der Waals surface area contributed by atoms with Crippen LogP contribution in [0.2, 0.25) is 0 Å². The molecule has 0 radical (unpaired) electrons. The van der Waals surface area contributed by atoms with Crippen LogP contribution in [0.25, 0.3) is 0 Å². The van der Waals surface area contributed by atoms with Crippen molar-refractivity contribution in [3.05, 3.63) is 29.7 Å². The fourth-order valence-electron chi connectivity index (χ4n) is 2.79. The highest BCUT2D eigenvalue weighted by Crippen LogP contribution is 2.22. The van der Waals surface area contributed by atoms with E-state index in [0.717, 1.165) is 49.0 Å². The topological polar surface area (TPSA) is 71.0 Å². The summed E-state index contributed by atoms with van der Waals surface area (Å²) in [6, 6.07) is 1.97. The van der Waals surface area contributed by atoms with Crippen LogP contribution in [-0.2, 0) is 11.2 Å². The van der Waals surface area contributed by atoms with Crippen molar-refractivity contribution in [2.45, 2.75) is 26.2 Å². The summed E-state index contributed by atoms with van der Waals surface area (Å²) >= 11 is 1.54. The summed E-state index contributed by atoms with van der Waals surface area (Å²) in [5.41, 5.74) is 1.00. The van der Waals surface area contributed by atoms with E-state index in [1.54, 1.807) is 19.4 Å². The third-order valence-electron chi connectivity index (χ3n) is 3.85. The van der Waals surface area contributed by atoms with Crippen molar-refractivity contribution >= 4 is 28.2 Å². The van der Waals surface area contributed by atoms with E-state index in [0.29, 0.717) is 5.92 Å². The lowest BCUT2D eigenvalue weighted by Gasteiger charge is -2.31. The van der Waals surface area contributed by atoms with Crippen LogP contribution in [0.5, 0.6) is 0 Å². The van der Waals surface area contributed by atoms with Gasteiger partial charge in [-0.25, -0.2) is 15.0 Å². The van der Waals surface area contributed by atoms with E-state index in [1.165, 1.54) is 11.3 Å². The maximum Gasteiger partial charge on any atom is 0.219 e. The van der Waals surface area contributed by atoms with Gasteiger partial charge in [0.15, 0.2) is 5.13 Å². The Morgan fingerprint density at radius 2 is 2.36 bits per heavy atom. The number of nitrogens with one attached hydrogen (secondary N) is 1. The Morgan fingerprint density at radius 1 is 1.45 bits per heavy atom. The van der Waals surface area contributed by atoms with Crippen LogP contribution in [0.1, 0.15) is 25.5 Å². The van der Waals surface area contributed by atoms with Gasteiger partial charge in [0.1, 0.15) is 12.1 Å². The minimum absolute atomic E-state index is 0.165. The quantitative estimate of drug-likeness (QED) is 0.938. The van der Waals surface area contributed by atoms with Gasteiger partial charge >= 0.3 is 0 Å². The van der Waals surface area contributed by atoms with Gasteiger partial charge in [-0.2, -0.15) is 0 Å². The number of rotatable bonds is 4. The number of thiazole rings is 1. The van der Waals surface area contributed by atoms with E-state index in [1.807, 2.05) is 16.3 Å². The number of likely N-dealkylation sites (tertiary alicyclic amines) is 1. The van der Waals surface area contributed by atoms with Crippen LogP contribution in [0.3, 0.4) is 0 Å². The van der Waals surface area contributed by atoms with Gasteiger partial charge in [-0.05, 0) is 25.2 Å². The van der Waals surface area contributed by atoms with Gasteiger partial charge in [0.25, 0.3) is 0 Å². The Bertz CT molecular complexity index is 631. The van der Waals surface area contributed by atoms with E-state index in [4.69, 9.17) is 0 Å². The number of nitrogens with zero attached hydrogens (tertiary/aromatic N) is 4. The smallest absolute Gasteiger partial charge is 0.219 e. The van der Waals surface area contributed by atoms with Gasteiger partial charge in [-0.1, -0.05) is 0 Å². The summed E-state index contributed by atoms with van der Waals surface area (Å²) in [7, 11) is 0. The second-order valence-corrected chi connectivity index (χ2v) is 6.43. The first kappa shape index (κ1) is 14.9. The maximum atomic E-state index is 11.5. The zero-order valence-corrected chi connectivity index (χ0v) is 13.3. The molecule has 0 saturated carbocycles. The largest absolute Gasteiger partial charge is 0.343 e. The second-order valence-electron chi connectivity index (χ2n) is 5.53. The molecule has 1 N–H and O–H groups in total. The maximum absolute atomic E-state index is 11.5. The SMILES string of the molecule is CC(=O)N1CCCC(Cc2cc(Nc3nccs3)ncn2)C1. The molecule has 1 saturated heterocycles. The predicted octanol–water partition coefficient (Wildman–Crippen LogP) is 2.48. The first-order valence-electron chi connectivity index (χ1n) is 7.43. The third-order valence-corrected chi connectivity index (χ3v) is 4.54. The average molecular weight is 317 g/mol. The van der Waals surface area contributed by atoms with Crippen LogP contribution in [0, 0.1) is 5.92 Å². The Hall–Kier alpha value is -2.02. The highest BCUT2D eigenvalue weighted by atomic mass is 32.1. The van der Waals surface area contributed by atoms with Crippen molar-refractivity contribution in [1.29, 1.82) is 0 Å². The van der Waals surface area contributed by atoms with Gasteiger partial charge in [-0.3, -0.25) is 4.79 Å². The van der Waals surface area contributed by atoms with Crippen LogP contribution in [-0.4, -0.2) is 38.8 Å². The van der Waals surface area contributed by atoms with Crippen molar-refractivity contribution < 1.29 is 4.79 Å².